The smallest absolute Gasteiger partial charge is 0.323 e. The van der Waals surface area contributed by atoms with Gasteiger partial charge in [0.15, 0.2) is 6.17 Å². The molecule has 0 aliphatic rings. The highest BCUT2D eigenvalue weighted by molar-refractivity contribution is 7.86. The van der Waals surface area contributed by atoms with Gasteiger partial charge in [0, 0.05) is 0 Å². The standard InChI is InChI=1S/C4H7F3O3S.C2H7N/c1-2-3(5)4(6,7)11(8,9)10;1-3-2/h3H,2H2,1H3,(H,8,9,10);3H,1-2H3. The van der Waals surface area contributed by atoms with E-state index in [1.165, 1.54) is 0 Å². The van der Waals surface area contributed by atoms with Gasteiger partial charge in [0.2, 0.25) is 0 Å². The summed E-state index contributed by atoms with van der Waals surface area (Å²) in [7, 11) is -1.87. The van der Waals surface area contributed by atoms with Crippen LogP contribution in [0.15, 0.2) is 0 Å². The molecular formula is C6H14F3NO3S. The molecule has 8 heteroatoms. The molecule has 0 heterocycles. The minimum atomic E-state index is -5.62. The third-order valence-corrected chi connectivity index (χ3v) is 2.01. The van der Waals surface area contributed by atoms with Gasteiger partial charge < -0.3 is 5.32 Å². The maximum atomic E-state index is 12.1. The fraction of sp³-hybridized carbons (Fsp3) is 1.00. The van der Waals surface area contributed by atoms with Gasteiger partial charge in [-0.05, 0) is 20.5 Å². The van der Waals surface area contributed by atoms with Crippen LogP contribution < -0.4 is 5.32 Å². The first-order valence-electron chi connectivity index (χ1n) is 3.72. The SMILES string of the molecule is CCC(F)C(F)(F)S(=O)(=O)O.CNC. The van der Waals surface area contributed by atoms with E-state index < -0.39 is 28.0 Å². The molecule has 0 fully saturated rings. The Morgan fingerprint density at radius 3 is 1.79 bits per heavy atom. The van der Waals surface area contributed by atoms with Crippen LogP contribution in [0.1, 0.15) is 13.3 Å². The van der Waals surface area contributed by atoms with Gasteiger partial charge >= 0.3 is 15.4 Å². The largest absolute Gasteiger partial charge is 0.400 e. The Morgan fingerprint density at radius 2 is 1.71 bits per heavy atom. The zero-order valence-corrected chi connectivity index (χ0v) is 8.91. The molecule has 1 atom stereocenters. The fourth-order valence-electron chi connectivity index (χ4n) is 0.399. The molecule has 0 saturated heterocycles. The molecular weight excluding hydrogens is 223 g/mol. The van der Waals surface area contributed by atoms with Gasteiger partial charge in [-0.15, -0.1) is 0 Å². The molecule has 0 radical (unpaired) electrons. The molecule has 0 rings (SSSR count). The molecule has 14 heavy (non-hydrogen) atoms. The van der Waals surface area contributed by atoms with Crippen LogP contribution in [0, 0.1) is 0 Å². The van der Waals surface area contributed by atoms with Crippen molar-refractivity contribution >= 4 is 10.1 Å². The second-order valence-electron chi connectivity index (χ2n) is 2.41. The van der Waals surface area contributed by atoms with E-state index in [1.54, 1.807) is 0 Å². The molecule has 2 N–H and O–H groups in total. The first-order chi connectivity index (χ1) is 6.15. The Balaban J connectivity index is 0. The lowest BCUT2D eigenvalue weighted by atomic mass is 10.3. The molecule has 1 unspecified atom stereocenters. The summed E-state index contributed by atoms with van der Waals surface area (Å²) in [6.07, 6.45) is -3.54. The lowest BCUT2D eigenvalue weighted by Crippen LogP contribution is -2.38. The van der Waals surface area contributed by atoms with Crippen molar-refractivity contribution in [1.29, 1.82) is 0 Å². The number of rotatable bonds is 3. The number of alkyl halides is 3. The summed E-state index contributed by atoms with van der Waals surface area (Å²) >= 11 is 0. The van der Waals surface area contributed by atoms with E-state index in [9.17, 15) is 21.6 Å². The molecule has 0 bridgehead atoms. The van der Waals surface area contributed by atoms with Gasteiger partial charge in [0.25, 0.3) is 0 Å². The maximum Gasteiger partial charge on any atom is 0.400 e. The normalized spacial score (nSPS) is 14.2. The first kappa shape index (κ1) is 16.1. The van der Waals surface area contributed by atoms with Crippen molar-refractivity contribution in [3.8, 4) is 0 Å². The van der Waals surface area contributed by atoms with Crippen LogP contribution in [-0.2, 0) is 10.1 Å². The molecule has 0 aliphatic carbocycles. The van der Waals surface area contributed by atoms with Gasteiger partial charge in [-0.3, -0.25) is 4.55 Å². The van der Waals surface area contributed by atoms with E-state index >= 15 is 0 Å². The number of halogens is 3. The van der Waals surface area contributed by atoms with Crippen molar-refractivity contribution in [3.05, 3.63) is 0 Å². The van der Waals surface area contributed by atoms with Crippen molar-refractivity contribution in [1.82, 2.24) is 5.32 Å². The number of hydrogen-bond donors (Lipinski definition) is 2. The second kappa shape index (κ2) is 6.20. The van der Waals surface area contributed by atoms with Crippen LogP contribution in [0.25, 0.3) is 0 Å². The van der Waals surface area contributed by atoms with Crippen LogP contribution in [0.5, 0.6) is 0 Å². The number of nitrogens with one attached hydrogen (secondary N) is 1. The van der Waals surface area contributed by atoms with Gasteiger partial charge in [0.1, 0.15) is 0 Å². The highest BCUT2D eigenvalue weighted by Crippen LogP contribution is 2.28. The lowest BCUT2D eigenvalue weighted by molar-refractivity contribution is -0.00388. The molecule has 88 valence electrons. The Morgan fingerprint density at radius 1 is 1.43 bits per heavy atom. The summed E-state index contributed by atoms with van der Waals surface area (Å²) in [5.74, 6) is 0. The zero-order valence-electron chi connectivity index (χ0n) is 8.09. The lowest BCUT2D eigenvalue weighted by Gasteiger charge is -2.15. The Hall–Kier alpha value is -0.340. The number of hydrogen-bond acceptors (Lipinski definition) is 3. The molecule has 4 nitrogen and oxygen atoms in total. The van der Waals surface area contributed by atoms with Gasteiger partial charge in [0.05, 0.1) is 0 Å². The quantitative estimate of drug-likeness (QED) is 0.720. The Labute approximate surface area is 81.2 Å². The van der Waals surface area contributed by atoms with Crippen LogP contribution in [0.3, 0.4) is 0 Å². The average molecular weight is 237 g/mol. The molecule has 0 aromatic rings. The van der Waals surface area contributed by atoms with Crippen molar-refractivity contribution in [2.45, 2.75) is 24.8 Å². The van der Waals surface area contributed by atoms with Crippen molar-refractivity contribution in [3.63, 3.8) is 0 Å². The van der Waals surface area contributed by atoms with Crippen molar-refractivity contribution < 1.29 is 26.1 Å². The summed E-state index contributed by atoms with van der Waals surface area (Å²) in [5, 5.41) is -1.94. The van der Waals surface area contributed by atoms with Crippen LogP contribution >= 0.6 is 0 Å². The van der Waals surface area contributed by atoms with Crippen LogP contribution in [0.2, 0.25) is 0 Å². The summed E-state index contributed by atoms with van der Waals surface area (Å²) in [6.45, 7) is 1.05. The Kier molecular flexibility index (Phi) is 7.13. The monoisotopic (exact) mass is 237 g/mol. The zero-order chi connectivity index (χ0) is 12.0. The third-order valence-electron chi connectivity index (χ3n) is 1.07. The molecule has 0 aliphatic heterocycles. The van der Waals surface area contributed by atoms with Crippen LogP contribution in [0.4, 0.5) is 13.2 Å². The summed E-state index contributed by atoms with van der Waals surface area (Å²) in [5.41, 5.74) is 0. The van der Waals surface area contributed by atoms with Gasteiger partial charge in [-0.25, -0.2) is 4.39 Å². The van der Waals surface area contributed by atoms with E-state index in [4.69, 9.17) is 4.55 Å². The van der Waals surface area contributed by atoms with E-state index in [1.807, 2.05) is 14.1 Å². The summed E-state index contributed by atoms with van der Waals surface area (Å²) in [4.78, 5) is 0. The Bertz CT molecular complexity index is 243. The molecule has 0 saturated carbocycles. The third kappa shape index (κ3) is 4.77. The van der Waals surface area contributed by atoms with Gasteiger partial charge in [-0.1, -0.05) is 6.92 Å². The van der Waals surface area contributed by atoms with Crippen molar-refractivity contribution in [2.24, 2.45) is 0 Å². The topological polar surface area (TPSA) is 66.4 Å². The molecule has 0 aromatic carbocycles. The second-order valence-corrected chi connectivity index (χ2v) is 3.91. The molecule has 0 amide bonds. The highest BCUT2D eigenvalue weighted by atomic mass is 32.2. The summed E-state index contributed by atoms with van der Waals surface area (Å²) < 4.78 is 63.8. The highest BCUT2D eigenvalue weighted by Gasteiger charge is 2.51. The van der Waals surface area contributed by atoms with E-state index in [2.05, 4.69) is 5.32 Å². The summed E-state index contributed by atoms with van der Waals surface area (Å²) in [6, 6.07) is 0. The van der Waals surface area contributed by atoms with Crippen LogP contribution in [-0.4, -0.2) is 38.5 Å². The van der Waals surface area contributed by atoms with E-state index in [0.717, 1.165) is 6.92 Å². The fourth-order valence-corrected chi connectivity index (χ4v) is 0.889. The van der Waals surface area contributed by atoms with E-state index in [0.29, 0.717) is 0 Å². The predicted molar refractivity (Wildman–Crippen MR) is 46.7 cm³/mol. The first-order valence-corrected chi connectivity index (χ1v) is 5.16. The average Bonchev–Trinajstić information content (AvgIpc) is 2.02. The van der Waals surface area contributed by atoms with E-state index in [-0.39, 0.29) is 0 Å². The maximum absolute atomic E-state index is 12.1. The van der Waals surface area contributed by atoms with Gasteiger partial charge in [-0.2, -0.15) is 17.2 Å². The molecule has 0 spiro atoms. The minimum Gasteiger partial charge on any atom is -0.323 e. The van der Waals surface area contributed by atoms with Crippen molar-refractivity contribution in [2.75, 3.05) is 14.1 Å². The minimum absolute atomic E-state index is 0.674. The molecule has 0 aromatic heterocycles. The predicted octanol–water partition coefficient (Wildman–Crippen LogP) is 1.05.